The lowest BCUT2D eigenvalue weighted by molar-refractivity contribution is 0.174. The monoisotopic (exact) mass is 324 g/mol. The van der Waals surface area contributed by atoms with E-state index in [-0.39, 0.29) is 12.8 Å². The third kappa shape index (κ3) is 2.87. The Morgan fingerprint density at radius 3 is 2.71 bits per heavy atom. The number of benzene rings is 1. The van der Waals surface area contributed by atoms with Crippen LogP contribution in [0.1, 0.15) is 24.1 Å². The molecule has 1 aliphatic rings. The Labute approximate surface area is 133 Å². The summed E-state index contributed by atoms with van der Waals surface area (Å²) >= 11 is 12.0. The highest BCUT2D eigenvalue weighted by Gasteiger charge is 2.17. The second kappa shape index (κ2) is 5.62. The Morgan fingerprint density at radius 2 is 1.95 bits per heavy atom. The summed E-state index contributed by atoms with van der Waals surface area (Å²) in [6.07, 6.45) is 0. The number of nitrogens with one attached hydrogen (secondary N) is 1. The highest BCUT2D eigenvalue weighted by atomic mass is 35.5. The minimum Gasteiger partial charge on any atom is -0.454 e. The summed E-state index contributed by atoms with van der Waals surface area (Å²) < 4.78 is 10.7. The van der Waals surface area contributed by atoms with Crippen LogP contribution in [0.3, 0.4) is 0 Å². The molecule has 1 aromatic heterocycles. The van der Waals surface area contributed by atoms with Crippen LogP contribution >= 0.6 is 23.2 Å². The van der Waals surface area contributed by atoms with Crippen molar-refractivity contribution in [3.8, 4) is 11.5 Å². The zero-order chi connectivity index (χ0) is 15.0. The third-order valence-corrected chi connectivity index (χ3v) is 3.87. The molecule has 6 heteroatoms. The van der Waals surface area contributed by atoms with Crippen LogP contribution in [0.5, 0.6) is 11.5 Å². The predicted molar refractivity (Wildman–Crippen MR) is 83.6 cm³/mol. The maximum atomic E-state index is 6.16. The van der Waals surface area contributed by atoms with E-state index < -0.39 is 0 Å². The van der Waals surface area contributed by atoms with Crippen molar-refractivity contribution in [2.75, 3.05) is 12.1 Å². The van der Waals surface area contributed by atoms with Crippen molar-refractivity contribution in [2.45, 2.75) is 19.9 Å². The predicted octanol–water partition coefficient (Wildman–Crippen LogP) is 4.60. The second-order valence-electron chi connectivity index (χ2n) is 4.91. The van der Waals surface area contributed by atoms with Crippen LogP contribution in [0.15, 0.2) is 24.3 Å². The van der Waals surface area contributed by atoms with Gasteiger partial charge in [0.05, 0.1) is 5.69 Å². The first kappa shape index (κ1) is 14.3. The van der Waals surface area contributed by atoms with E-state index in [1.807, 2.05) is 32.0 Å². The summed E-state index contributed by atoms with van der Waals surface area (Å²) in [7, 11) is 0. The molecule has 0 fully saturated rings. The lowest BCUT2D eigenvalue weighted by Crippen LogP contribution is -2.08. The minimum atomic E-state index is 0.0404. The van der Waals surface area contributed by atoms with Crippen molar-refractivity contribution >= 4 is 28.9 Å². The average molecular weight is 325 g/mol. The van der Waals surface area contributed by atoms with Gasteiger partial charge in [-0.2, -0.15) is 0 Å². The fourth-order valence-corrected chi connectivity index (χ4v) is 2.84. The molecule has 2 heterocycles. The largest absolute Gasteiger partial charge is 0.454 e. The van der Waals surface area contributed by atoms with Gasteiger partial charge in [0.25, 0.3) is 0 Å². The molecule has 1 N–H and O–H groups in total. The number of nitrogens with zero attached hydrogens (tertiary/aromatic N) is 1. The molecule has 4 nitrogen and oxygen atoms in total. The number of rotatable bonds is 3. The Bertz CT molecular complexity index is 668. The topological polar surface area (TPSA) is 43.4 Å². The molecule has 21 heavy (non-hydrogen) atoms. The molecular weight excluding hydrogens is 311 g/mol. The number of hydrogen-bond acceptors (Lipinski definition) is 4. The lowest BCUT2D eigenvalue weighted by Gasteiger charge is -2.18. The molecule has 1 aliphatic heterocycles. The van der Waals surface area contributed by atoms with Crippen molar-refractivity contribution in [1.82, 2.24) is 4.98 Å². The number of anilines is 1. The van der Waals surface area contributed by atoms with E-state index >= 15 is 0 Å². The molecule has 0 spiro atoms. The quantitative estimate of drug-likeness (QED) is 0.838. The molecule has 0 amide bonds. The number of pyridine rings is 1. The number of aromatic nitrogens is 1. The smallest absolute Gasteiger partial charge is 0.231 e. The zero-order valence-corrected chi connectivity index (χ0v) is 13.1. The first-order valence-corrected chi connectivity index (χ1v) is 7.29. The number of fused-ring (bicyclic) bond motifs is 1. The normalized spacial score (nSPS) is 14.1. The van der Waals surface area contributed by atoms with E-state index in [0.717, 1.165) is 28.3 Å². The van der Waals surface area contributed by atoms with Gasteiger partial charge in [0.2, 0.25) is 6.79 Å². The molecule has 1 unspecified atom stereocenters. The van der Waals surface area contributed by atoms with Crippen LogP contribution < -0.4 is 14.8 Å². The first-order chi connectivity index (χ1) is 10.0. The number of hydrogen-bond donors (Lipinski definition) is 1. The molecular formula is C15H14Cl2N2O2. The van der Waals surface area contributed by atoms with E-state index in [1.54, 1.807) is 6.07 Å². The standard InChI is InChI=1S/C15H14Cl2N2O2/c1-8-5-13(16)19-15(17)14(8)18-9(2)10-3-4-11-12(6-10)21-7-20-11/h3-6,9,18H,7H2,1-2H3. The Morgan fingerprint density at radius 1 is 1.19 bits per heavy atom. The summed E-state index contributed by atoms with van der Waals surface area (Å²) in [5.41, 5.74) is 2.81. The van der Waals surface area contributed by atoms with Gasteiger partial charge >= 0.3 is 0 Å². The number of aryl methyl sites for hydroxylation is 1. The highest BCUT2D eigenvalue weighted by Crippen LogP contribution is 2.36. The van der Waals surface area contributed by atoms with Gasteiger partial charge in [-0.05, 0) is 43.2 Å². The van der Waals surface area contributed by atoms with Gasteiger partial charge in [0.1, 0.15) is 5.15 Å². The molecule has 3 rings (SSSR count). The maximum absolute atomic E-state index is 6.16. The van der Waals surface area contributed by atoms with Crippen LogP contribution in [0, 0.1) is 6.92 Å². The van der Waals surface area contributed by atoms with Gasteiger partial charge in [0, 0.05) is 6.04 Å². The summed E-state index contributed by atoms with van der Waals surface area (Å²) in [6.45, 7) is 4.25. The van der Waals surface area contributed by atoms with Crippen molar-refractivity contribution in [1.29, 1.82) is 0 Å². The molecule has 0 bridgehead atoms. The molecule has 1 aromatic carbocycles. The van der Waals surface area contributed by atoms with Gasteiger partial charge in [-0.3, -0.25) is 0 Å². The minimum absolute atomic E-state index is 0.0404. The molecule has 0 saturated carbocycles. The van der Waals surface area contributed by atoms with E-state index in [2.05, 4.69) is 10.3 Å². The first-order valence-electron chi connectivity index (χ1n) is 6.53. The van der Waals surface area contributed by atoms with Gasteiger partial charge in [-0.1, -0.05) is 29.3 Å². The second-order valence-corrected chi connectivity index (χ2v) is 5.65. The van der Waals surface area contributed by atoms with Gasteiger partial charge in [-0.15, -0.1) is 0 Å². The van der Waals surface area contributed by atoms with Crippen LogP contribution in [-0.2, 0) is 0 Å². The Kier molecular flexibility index (Phi) is 3.83. The van der Waals surface area contributed by atoms with E-state index in [1.165, 1.54) is 0 Å². The fourth-order valence-electron chi connectivity index (χ4n) is 2.25. The number of ether oxygens (including phenoxy) is 2. The van der Waals surface area contributed by atoms with E-state index in [9.17, 15) is 0 Å². The SMILES string of the molecule is Cc1cc(Cl)nc(Cl)c1NC(C)c1ccc2c(c1)OCO2. The van der Waals surface area contributed by atoms with Crippen LogP contribution in [0.25, 0.3) is 0 Å². The molecule has 0 saturated heterocycles. The zero-order valence-electron chi connectivity index (χ0n) is 11.6. The Hall–Kier alpha value is -1.65. The van der Waals surface area contributed by atoms with Crippen LogP contribution in [0.2, 0.25) is 10.3 Å². The average Bonchev–Trinajstić information content (AvgIpc) is 2.89. The maximum Gasteiger partial charge on any atom is 0.231 e. The molecule has 0 radical (unpaired) electrons. The van der Waals surface area contributed by atoms with Crippen molar-refractivity contribution < 1.29 is 9.47 Å². The molecule has 0 aliphatic carbocycles. The highest BCUT2D eigenvalue weighted by molar-refractivity contribution is 6.34. The van der Waals surface area contributed by atoms with Crippen molar-refractivity contribution in [3.63, 3.8) is 0 Å². The van der Waals surface area contributed by atoms with Gasteiger partial charge in [0.15, 0.2) is 16.7 Å². The van der Waals surface area contributed by atoms with Crippen molar-refractivity contribution in [2.24, 2.45) is 0 Å². The number of halogens is 2. The molecule has 2 aromatic rings. The molecule has 1 atom stereocenters. The summed E-state index contributed by atoms with van der Waals surface area (Å²) in [4.78, 5) is 4.06. The lowest BCUT2D eigenvalue weighted by atomic mass is 10.1. The van der Waals surface area contributed by atoms with E-state index in [0.29, 0.717) is 10.3 Å². The summed E-state index contributed by atoms with van der Waals surface area (Å²) in [5.74, 6) is 1.53. The van der Waals surface area contributed by atoms with Crippen molar-refractivity contribution in [3.05, 3.63) is 45.7 Å². The van der Waals surface area contributed by atoms with Gasteiger partial charge < -0.3 is 14.8 Å². The summed E-state index contributed by atoms with van der Waals surface area (Å²) in [5, 5.41) is 4.12. The van der Waals surface area contributed by atoms with Gasteiger partial charge in [-0.25, -0.2) is 4.98 Å². The fraction of sp³-hybridized carbons (Fsp3) is 0.267. The third-order valence-electron chi connectivity index (χ3n) is 3.40. The Balaban J connectivity index is 1.85. The van der Waals surface area contributed by atoms with E-state index in [4.69, 9.17) is 32.7 Å². The van der Waals surface area contributed by atoms with Crippen LogP contribution in [0.4, 0.5) is 5.69 Å². The van der Waals surface area contributed by atoms with Crippen LogP contribution in [-0.4, -0.2) is 11.8 Å². The summed E-state index contributed by atoms with van der Waals surface area (Å²) in [6, 6.07) is 7.69. The molecule has 110 valence electrons.